The quantitative estimate of drug-likeness (QED) is 0.159. The van der Waals surface area contributed by atoms with E-state index < -0.39 is 0 Å². The van der Waals surface area contributed by atoms with Gasteiger partial charge in [0.05, 0.1) is 9.40 Å². The number of fused-ring (bicyclic) bond motifs is 5. The molecule has 0 aliphatic rings. The number of hydrogen-bond donors (Lipinski definition) is 0. The lowest BCUT2D eigenvalue weighted by Gasteiger charge is -2.25. The van der Waals surface area contributed by atoms with Gasteiger partial charge in [0, 0.05) is 37.2 Å². The lowest BCUT2D eigenvalue weighted by Crippen LogP contribution is -2.09. The first-order valence-corrected chi connectivity index (χ1v) is 19.5. The number of thiophene rings is 2. The van der Waals surface area contributed by atoms with Gasteiger partial charge in [-0.1, -0.05) is 152 Å². The molecule has 0 aliphatic carbocycles. The van der Waals surface area contributed by atoms with Gasteiger partial charge in [-0.05, 0) is 93.0 Å². The lowest BCUT2D eigenvalue weighted by molar-refractivity contribution is 1.28. The van der Waals surface area contributed by atoms with Gasteiger partial charge in [-0.2, -0.15) is 0 Å². The van der Waals surface area contributed by atoms with Gasteiger partial charge < -0.3 is 4.90 Å². The molecule has 0 saturated carbocycles. The van der Waals surface area contributed by atoms with E-state index in [0.29, 0.717) is 0 Å². The van der Waals surface area contributed by atoms with E-state index in [1.807, 2.05) is 22.7 Å². The number of benzene rings is 8. The molecule has 0 fully saturated rings. The van der Waals surface area contributed by atoms with Gasteiger partial charge in [-0.3, -0.25) is 0 Å². The highest BCUT2D eigenvalue weighted by molar-refractivity contribution is 7.36. The SMILES string of the molecule is c1ccc(-c2ccc(-c3ccc4c(c3)sc3c5ccc(-c6ccc(-c7ccc(N(c8ccccc8)c8ccccc8)cc7)cc6)cc5sc43)cc2)cc1. The van der Waals surface area contributed by atoms with E-state index in [4.69, 9.17) is 0 Å². The Labute approximate surface area is 317 Å². The van der Waals surface area contributed by atoms with Gasteiger partial charge in [0.1, 0.15) is 0 Å². The second kappa shape index (κ2) is 13.4. The van der Waals surface area contributed by atoms with Crippen LogP contribution in [-0.4, -0.2) is 0 Å². The van der Waals surface area contributed by atoms with Crippen LogP contribution in [0.2, 0.25) is 0 Å². The number of hydrogen-bond acceptors (Lipinski definition) is 3. The molecule has 0 unspecified atom stereocenters. The van der Waals surface area contributed by atoms with E-state index in [2.05, 4.69) is 205 Å². The molecule has 2 heterocycles. The first kappa shape index (κ1) is 31.5. The van der Waals surface area contributed by atoms with Crippen molar-refractivity contribution in [3.63, 3.8) is 0 Å². The highest BCUT2D eigenvalue weighted by Crippen LogP contribution is 2.46. The maximum Gasteiger partial charge on any atom is 0.0542 e. The highest BCUT2D eigenvalue weighted by Gasteiger charge is 2.15. The maximum absolute atomic E-state index is 2.37. The van der Waals surface area contributed by atoms with Crippen LogP contribution in [-0.2, 0) is 0 Å². The average Bonchev–Trinajstić information content (AvgIpc) is 3.78. The van der Waals surface area contributed by atoms with Gasteiger partial charge in [0.25, 0.3) is 0 Å². The Morgan fingerprint density at radius 2 is 0.566 bits per heavy atom. The third kappa shape index (κ3) is 5.90. The molecule has 53 heavy (non-hydrogen) atoms. The van der Waals surface area contributed by atoms with Crippen molar-refractivity contribution < 1.29 is 0 Å². The first-order chi connectivity index (χ1) is 26.2. The Hall–Kier alpha value is -6.26. The molecule has 10 rings (SSSR count). The van der Waals surface area contributed by atoms with E-state index in [1.54, 1.807) is 0 Å². The molecule has 3 heteroatoms. The summed E-state index contributed by atoms with van der Waals surface area (Å²) >= 11 is 3.83. The topological polar surface area (TPSA) is 3.24 Å². The van der Waals surface area contributed by atoms with E-state index in [-0.39, 0.29) is 0 Å². The van der Waals surface area contributed by atoms with Crippen molar-refractivity contribution in [2.75, 3.05) is 4.90 Å². The zero-order valence-electron chi connectivity index (χ0n) is 28.8. The van der Waals surface area contributed by atoms with E-state index in [1.165, 1.54) is 74.1 Å². The van der Waals surface area contributed by atoms with Gasteiger partial charge in [0.2, 0.25) is 0 Å². The average molecular weight is 712 g/mol. The summed E-state index contributed by atoms with van der Waals surface area (Å²) < 4.78 is 5.46. The Balaban J connectivity index is 0.901. The van der Waals surface area contributed by atoms with Gasteiger partial charge in [-0.15, -0.1) is 22.7 Å². The second-order valence-corrected chi connectivity index (χ2v) is 15.5. The molecule has 0 N–H and O–H groups in total. The van der Waals surface area contributed by atoms with Crippen LogP contribution in [0.1, 0.15) is 0 Å². The zero-order chi connectivity index (χ0) is 35.1. The minimum atomic E-state index is 1.13. The molecule has 0 radical (unpaired) electrons. The summed E-state index contributed by atoms with van der Waals surface area (Å²) in [6, 6.07) is 72.4. The summed E-state index contributed by atoms with van der Waals surface area (Å²) in [6.07, 6.45) is 0. The van der Waals surface area contributed by atoms with Crippen LogP contribution in [0.25, 0.3) is 74.1 Å². The molecule has 250 valence electrons. The maximum atomic E-state index is 2.37. The fourth-order valence-electron chi connectivity index (χ4n) is 7.36. The van der Waals surface area contributed by atoms with Crippen molar-refractivity contribution in [3.05, 3.63) is 200 Å². The third-order valence-electron chi connectivity index (χ3n) is 10.1. The van der Waals surface area contributed by atoms with Gasteiger partial charge in [0.15, 0.2) is 0 Å². The summed E-state index contributed by atoms with van der Waals surface area (Å²) in [5.74, 6) is 0. The molecule has 0 aliphatic heterocycles. The number of rotatable bonds is 7. The van der Waals surface area contributed by atoms with Crippen molar-refractivity contribution in [1.29, 1.82) is 0 Å². The lowest BCUT2D eigenvalue weighted by atomic mass is 9.99. The molecule has 2 aromatic heterocycles. The van der Waals surface area contributed by atoms with Crippen LogP contribution in [0.5, 0.6) is 0 Å². The predicted octanol–water partition coefficient (Wildman–Crippen LogP) is 15.4. The third-order valence-corrected chi connectivity index (χ3v) is 12.6. The van der Waals surface area contributed by atoms with Crippen molar-refractivity contribution >= 4 is 69.3 Å². The smallest absolute Gasteiger partial charge is 0.0542 e. The highest BCUT2D eigenvalue weighted by atomic mass is 32.1. The van der Waals surface area contributed by atoms with Crippen molar-refractivity contribution in [2.45, 2.75) is 0 Å². The van der Waals surface area contributed by atoms with Crippen molar-refractivity contribution in [3.8, 4) is 44.5 Å². The van der Waals surface area contributed by atoms with Gasteiger partial charge in [-0.25, -0.2) is 0 Å². The largest absolute Gasteiger partial charge is 0.311 e. The van der Waals surface area contributed by atoms with Crippen LogP contribution in [0, 0.1) is 0 Å². The fraction of sp³-hybridized carbons (Fsp3) is 0. The van der Waals surface area contributed by atoms with Crippen LogP contribution >= 0.6 is 22.7 Å². The molecule has 10 aromatic rings. The summed E-state index contributed by atoms with van der Waals surface area (Å²) in [5.41, 5.74) is 13.3. The molecule has 0 bridgehead atoms. The number of para-hydroxylation sites is 2. The van der Waals surface area contributed by atoms with Crippen LogP contribution in [0.15, 0.2) is 200 Å². The van der Waals surface area contributed by atoms with Crippen molar-refractivity contribution in [1.82, 2.24) is 0 Å². The molecule has 0 atom stereocenters. The summed E-state index contributed by atoms with van der Waals surface area (Å²) in [7, 11) is 0. The number of anilines is 3. The second-order valence-electron chi connectivity index (χ2n) is 13.4. The molecular weight excluding hydrogens is 679 g/mol. The van der Waals surface area contributed by atoms with E-state index in [0.717, 1.165) is 17.1 Å². The minimum absolute atomic E-state index is 1.13. The molecule has 1 nitrogen and oxygen atoms in total. The monoisotopic (exact) mass is 711 g/mol. The summed E-state index contributed by atoms with van der Waals surface area (Å²) in [4.78, 5) is 2.30. The summed E-state index contributed by atoms with van der Waals surface area (Å²) in [5, 5.41) is 2.70. The zero-order valence-corrected chi connectivity index (χ0v) is 30.4. The van der Waals surface area contributed by atoms with E-state index in [9.17, 15) is 0 Å². The Kier molecular flexibility index (Phi) is 7.94. The molecule has 8 aromatic carbocycles. The van der Waals surface area contributed by atoms with Crippen LogP contribution in [0.3, 0.4) is 0 Å². The van der Waals surface area contributed by atoms with Crippen LogP contribution in [0.4, 0.5) is 17.1 Å². The number of nitrogens with zero attached hydrogens (tertiary/aromatic N) is 1. The molecule has 0 saturated heterocycles. The Morgan fingerprint density at radius 3 is 0.981 bits per heavy atom. The standard InChI is InChI=1S/C50H33NS2/c1-4-10-34(11-5-1)35-16-20-38(21-17-35)40-26-30-45-47(32-40)52-50-46-31-27-41(33-48(46)53-49(45)50)39-22-18-36(19-23-39)37-24-28-44(29-25-37)51(42-12-6-2-7-13-42)43-14-8-3-9-15-43/h1-33H. The minimum Gasteiger partial charge on any atom is -0.311 e. The fourth-order valence-corrected chi connectivity index (χ4v) is 10.1. The predicted molar refractivity (Wildman–Crippen MR) is 231 cm³/mol. The molecule has 0 spiro atoms. The van der Waals surface area contributed by atoms with Crippen LogP contribution < -0.4 is 4.90 Å². The van der Waals surface area contributed by atoms with Crippen molar-refractivity contribution in [2.24, 2.45) is 0 Å². The molecule has 0 amide bonds. The van der Waals surface area contributed by atoms with E-state index >= 15 is 0 Å². The Bertz CT molecular complexity index is 2800. The summed E-state index contributed by atoms with van der Waals surface area (Å²) in [6.45, 7) is 0. The molecular formula is C50H33NS2. The van der Waals surface area contributed by atoms with Gasteiger partial charge >= 0.3 is 0 Å². The normalized spacial score (nSPS) is 11.4. The Morgan fingerprint density at radius 1 is 0.264 bits per heavy atom. The first-order valence-electron chi connectivity index (χ1n) is 17.9.